The zero-order chi connectivity index (χ0) is 15.4. The van der Waals surface area contributed by atoms with E-state index in [-0.39, 0.29) is 18.2 Å². The topological polar surface area (TPSA) is 67.9 Å². The van der Waals surface area contributed by atoms with Crippen molar-refractivity contribution < 1.29 is 19.1 Å². The van der Waals surface area contributed by atoms with E-state index in [9.17, 15) is 9.59 Å². The molecule has 2 amide bonds. The van der Waals surface area contributed by atoms with Crippen LogP contribution in [0.5, 0.6) is 11.5 Å². The Morgan fingerprint density at radius 2 is 2.05 bits per heavy atom. The molecule has 2 rings (SSSR count). The average molecular weight is 292 g/mol. The predicted molar refractivity (Wildman–Crippen MR) is 77.4 cm³/mol. The van der Waals surface area contributed by atoms with Crippen molar-refractivity contribution in [1.29, 1.82) is 0 Å². The Hall–Kier alpha value is -2.24. The zero-order valence-electron chi connectivity index (χ0n) is 12.5. The summed E-state index contributed by atoms with van der Waals surface area (Å²) >= 11 is 0. The number of carbonyl (C=O) groups is 2. The van der Waals surface area contributed by atoms with E-state index in [0.29, 0.717) is 24.6 Å². The second kappa shape index (κ2) is 6.47. The fourth-order valence-corrected chi connectivity index (χ4v) is 2.39. The molecule has 0 saturated carbocycles. The van der Waals surface area contributed by atoms with Crippen LogP contribution in [0.4, 0.5) is 0 Å². The Morgan fingerprint density at radius 3 is 2.71 bits per heavy atom. The fraction of sp³-hybridized carbons (Fsp3) is 0.467. The van der Waals surface area contributed by atoms with Gasteiger partial charge < -0.3 is 19.7 Å². The quantitative estimate of drug-likeness (QED) is 0.882. The highest BCUT2D eigenvalue weighted by Crippen LogP contribution is 2.27. The molecular weight excluding hydrogens is 272 g/mol. The molecule has 1 aromatic rings. The Labute approximate surface area is 124 Å². The summed E-state index contributed by atoms with van der Waals surface area (Å²) in [7, 11) is 3.12. The molecule has 114 valence electrons. The highest BCUT2D eigenvalue weighted by Gasteiger charge is 2.29. The predicted octanol–water partition coefficient (Wildman–Crippen LogP) is 0.593. The van der Waals surface area contributed by atoms with E-state index in [1.807, 2.05) is 6.07 Å². The van der Waals surface area contributed by atoms with Gasteiger partial charge in [0, 0.05) is 13.1 Å². The highest BCUT2D eigenvalue weighted by molar-refractivity contribution is 5.89. The summed E-state index contributed by atoms with van der Waals surface area (Å²) in [5, 5.41) is 2.74. The number of hydrogen-bond donors (Lipinski definition) is 1. The lowest BCUT2D eigenvalue weighted by atomic mass is 10.1. The third-order valence-electron chi connectivity index (χ3n) is 3.62. The van der Waals surface area contributed by atoms with Crippen molar-refractivity contribution in [3.05, 3.63) is 23.8 Å². The van der Waals surface area contributed by atoms with Crippen LogP contribution >= 0.6 is 0 Å². The Morgan fingerprint density at radius 1 is 1.33 bits per heavy atom. The van der Waals surface area contributed by atoms with Gasteiger partial charge in [0.05, 0.1) is 20.6 Å². The first-order valence-electron chi connectivity index (χ1n) is 6.85. The van der Waals surface area contributed by atoms with Crippen LogP contribution in [-0.2, 0) is 16.0 Å². The van der Waals surface area contributed by atoms with Crippen molar-refractivity contribution in [2.75, 3.05) is 27.3 Å². The number of hydrogen-bond acceptors (Lipinski definition) is 4. The molecule has 6 nitrogen and oxygen atoms in total. The van der Waals surface area contributed by atoms with E-state index in [1.165, 1.54) is 0 Å². The maximum Gasteiger partial charge on any atom is 0.242 e. The number of carbonyl (C=O) groups excluding carboxylic acids is 2. The van der Waals surface area contributed by atoms with Crippen LogP contribution in [0.2, 0.25) is 0 Å². The van der Waals surface area contributed by atoms with Gasteiger partial charge in [-0.3, -0.25) is 9.59 Å². The van der Waals surface area contributed by atoms with Gasteiger partial charge in [-0.25, -0.2) is 0 Å². The van der Waals surface area contributed by atoms with Crippen molar-refractivity contribution in [3.63, 3.8) is 0 Å². The zero-order valence-corrected chi connectivity index (χ0v) is 12.5. The second-order valence-electron chi connectivity index (χ2n) is 4.92. The lowest BCUT2D eigenvalue weighted by Gasteiger charge is -2.32. The van der Waals surface area contributed by atoms with E-state index in [4.69, 9.17) is 9.47 Å². The first-order chi connectivity index (χ1) is 10.1. The largest absolute Gasteiger partial charge is 0.493 e. The summed E-state index contributed by atoms with van der Waals surface area (Å²) in [6.45, 7) is 2.78. The molecule has 1 saturated heterocycles. The van der Waals surface area contributed by atoms with Gasteiger partial charge in [0.25, 0.3) is 0 Å². The Kier molecular flexibility index (Phi) is 4.67. The number of methoxy groups -OCH3 is 2. The summed E-state index contributed by atoms with van der Waals surface area (Å²) < 4.78 is 10.4. The van der Waals surface area contributed by atoms with Gasteiger partial charge in [0.2, 0.25) is 11.8 Å². The summed E-state index contributed by atoms with van der Waals surface area (Å²) in [6, 6.07) is 4.96. The molecule has 1 aliphatic heterocycles. The molecule has 0 radical (unpaired) electrons. The third kappa shape index (κ3) is 3.26. The minimum absolute atomic E-state index is 0.0652. The molecule has 1 heterocycles. The van der Waals surface area contributed by atoms with Crippen molar-refractivity contribution in [2.45, 2.75) is 19.4 Å². The minimum Gasteiger partial charge on any atom is -0.493 e. The van der Waals surface area contributed by atoms with Crippen LogP contribution in [0.15, 0.2) is 18.2 Å². The normalized spacial score (nSPS) is 18.1. The van der Waals surface area contributed by atoms with Crippen molar-refractivity contribution >= 4 is 11.8 Å². The van der Waals surface area contributed by atoms with Crippen molar-refractivity contribution in [2.24, 2.45) is 0 Å². The molecule has 0 aliphatic carbocycles. The van der Waals surface area contributed by atoms with E-state index in [0.717, 1.165) is 5.56 Å². The van der Waals surface area contributed by atoms with Crippen LogP contribution < -0.4 is 14.8 Å². The lowest BCUT2D eigenvalue weighted by Crippen LogP contribution is -2.56. The van der Waals surface area contributed by atoms with Crippen molar-refractivity contribution in [3.8, 4) is 11.5 Å². The summed E-state index contributed by atoms with van der Waals surface area (Å²) in [5.41, 5.74) is 0.829. The summed E-state index contributed by atoms with van der Waals surface area (Å²) in [4.78, 5) is 25.6. The second-order valence-corrected chi connectivity index (χ2v) is 4.92. The standard InChI is InChI=1S/C15H20N2O4/c1-10-15(19)16-6-7-17(10)14(18)9-11-4-5-12(20-2)13(8-11)21-3/h4-5,8,10H,6-7,9H2,1-3H3,(H,16,19). The Bertz CT molecular complexity index is 544. The van der Waals surface area contributed by atoms with E-state index in [2.05, 4.69) is 5.32 Å². The third-order valence-corrected chi connectivity index (χ3v) is 3.62. The molecular formula is C15H20N2O4. The van der Waals surface area contributed by atoms with Crippen LogP contribution in [0.3, 0.4) is 0 Å². The SMILES string of the molecule is COc1ccc(CC(=O)N2CCNC(=O)C2C)cc1OC. The van der Waals surface area contributed by atoms with Gasteiger partial charge in [-0.2, -0.15) is 0 Å². The number of nitrogens with zero attached hydrogens (tertiary/aromatic N) is 1. The highest BCUT2D eigenvalue weighted by atomic mass is 16.5. The minimum atomic E-state index is -0.425. The fourth-order valence-electron chi connectivity index (χ4n) is 2.39. The molecule has 1 atom stereocenters. The number of nitrogens with one attached hydrogen (secondary N) is 1. The molecule has 0 aromatic heterocycles. The van der Waals surface area contributed by atoms with Gasteiger partial charge in [0.15, 0.2) is 11.5 Å². The number of ether oxygens (including phenoxy) is 2. The van der Waals surface area contributed by atoms with Gasteiger partial charge >= 0.3 is 0 Å². The van der Waals surface area contributed by atoms with E-state index in [1.54, 1.807) is 38.2 Å². The number of piperazine rings is 1. The number of benzene rings is 1. The van der Waals surface area contributed by atoms with E-state index >= 15 is 0 Å². The lowest BCUT2D eigenvalue weighted by molar-refractivity contribution is -0.142. The number of amides is 2. The first-order valence-corrected chi connectivity index (χ1v) is 6.85. The monoisotopic (exact) mass is 292 g/mol. The summed E-state index contributed by atoms with van der Waals surface area (Å²) in [6.07, 6.45) is 0.234. The molecule has 21 heavy (non-hydrogen) atoms. The van der Waals surface area contributed by atoms with Crippen LogP contribution in [0.1, 0.15) is 12.5 Å². The van der Waals surface area contributed by atoms with Crippen molar-refractivity contribution in [1.82, 2.24) is 10.2 Å². The maximum absolute atomic E-state index is 12.4. The smallest absolute Gasteiger partial charge is 0.242 e. The Balaban J connectivity index is 2.10. The maximum atomic E-state index is 12.4. The molecule has 0 spiro atoms. The molecule has 1 unspecified atom stereocenters. The van der Waals surface area contributed by atoms with Gasteiger partial charge in [-0.05, 0) is 24.6 Å². The first kappa shape index (κ1) is 15.2. The molecule has 6 heteroatoms. The molecule has 1 aromatic carbocycles. The molecule has 0 bridgehead atoms. The number of rotatable bonds is 4. The van der Waals surface area contributed by atoms with Gasteiger partial charge in [0.1, 0.15) is 6.04 Å². The molecule has 1 aliphatic rings. The van der Waals surface area contributed by atoms with Gasteiger partial charge in [-0.15, -0.1) is 0 Å². The van der Waals surface area contributed by atoms with Gasteiger partial charge in [-0.1, -0.05) is 6.07 Å². The summed E-state index contributed by atoms with van der Waals surface area (Å²) in [5.74, 6) is 1.04. The molecule has 1 N–H and O–H groups in total. The van der Waals surface area contributed by atoms with Crippen LogP contribution in [0, 0.1) is 0 Å². The average Bonchev–Trinajstić information content (AvgIpc) is 2.49. The van der Waals surface area contributed by atoms with Crippen LogP contribution in [-0.4, -0.2) is 50.1 Å². The van der Waals surface area contributed by atoms with Crippen LogP contribution in [0.25, 0.3) is 0 Å². The molecule has 1 fully saturated rings. The van der Waals surface area contributed by atoms with E-state index < -0.39 is 6.04 Å².